The molecule has 1 rings (SSSR count). The molecule has 0 saturated heterocycles. The molecule has 0 unspecified atom stereocenters. The summed E-state index contributed by atoms with van der Waals surface area (Å²) in [6.07, 6.45) is 0. The van der Waals surface area contributed by atoms with Gasteiger partial charge in [0.1, 0.15) is 5.75 Å². The third-order valence-electron chi connectivity index (χ3n) is 2.79. The largest absolute Gasteiger partial charge is 0.494 e. The standard InChI is InChI=1S/C15H22N2O3/c1-4-16-14(18)11-17(5-2)15(19)12-7-9-13(10-8-12)20-6-3/h7-10H,4-6,11H2,1-3H3,(H,16,18). The van der Waals surface area contributed by atoms with Gasteiger partial charge in [-0.1, -0.05) is 0 Å². The number of carbonyl (C=O) groups is 2. The highest BCUT2D eigenvalue weighted by Crippen LogP contribution is 2.13. The molecule has 0 spiro atoms. The van der Waals surface area contributed by atoms with E-state index in [0.29, 0.717) is 25.3 Å². The molecule has 2 amide bonds. The van der Waals surface area contributed by atoms with Crippen molar-refractivity contribution in [1.82, 2.24) is 10.2 Å². The molecule has 1 aromatic rings. The summed E-state index contributed by atoms with van der Waals surface area (Å²) in [5, 5.41) is 2.69. The summed E-state index contributed by atoms with van der Waals surface area (Å²) < 4.78 is 5.33. The van der Waals surface area contributed by atoms with E-state index >= 15 is 0 Å². The normalized spacial score (nSPS) is 9.95. The van der Waals surface area contributed by atoms with Crippen LogP contribution in [0.5, 0.6) is 5.75 Å². The zero-order chi connectivity index (χ0) is 15.0. The molecule has 0 atom stereocenters. The summed E-state index contributed by atoms with van der Waals surface area (Å²) in [5.41, 5.74) is 0.555. The maximum atomic E-state index is 12.3. The van der Waals surface area contributed by atoms with E-state index in [2.05, 4.69) is 5.32 Å². The minimum Gasteiger partial charge on any atom is -0.494 e. The fourth-order valence-corrected chi connectivity index (χ4v) is 1.80. The van der Waals surface area contributed by atoms with E-state index in [1.807, 2.05) is 20.8 Å². The molecule has 20 heavy (non-hydrogen) atoms. The number of rotatable bonds is 7. The molecule has 0 radical (unpaired) electrons. The van der Waals surface area contributed by atoms with E-state index in [4.69, 9.17) is 4.74 Å². The molecule has 0 aliphatic heterocycles. The summed E-state index contributed by atoms with van der Waals surface area (Å²) >= 11 is 0. The lowest BCUT2D eigenvalue weighted by Gasteiger charge is -2.20. The third-order valence-corrected chi connectivity index (χ3v) is 2.79. The van der Waals surface area contributed by atoms with Gasteiger partial charge in [0.25, 0.3) is 5.91 Å². The van der Waals surface area contributed by atoms with Gasteiger partial charge in [-0.3, -0.25) is 9.59 Å². The van der Waals surface area contributed by atoms with Gasteiger partial charge in [-0.05, 0) is 45.0 Å². The van der Waals surface area contributed by atoms with E-state index in [-0.39, 0.29) is 18.4 Å². The first-order valence-corrected chi connectivity index (χ1v) is 6.91. The second-order valence-electron chi connectivity index (χ2n) is 4.23. The highest BCUT2D eigenvalue weighted by molar-refractivity contribution is 5.96. The third kappa shape index (κ3) is 4.57. The first-order chi connectivity index (χ1) is 9.62. The van der Waals surface area contributed by atoms with E-state index < -0.39 is 0 Å². The minimum atomic E-state index is -0.151. The number of amides is 2. The Kier molecular flexibility index (Phi) is 6.56. The Morgan fingerprint density at radius 2 is 1.80 bits per heavy atom. The number of hydrogen-bond donors (Lipinski definition) is 1. The molecule has 0 heterocycles. The van der Waals surface area contributed by atoms with E-state index in [9.17, 15) is 9.59 Å². The van der Waals surface area contributed by atoms with Crippen molar-refractivity contribution in [3.63, 3.8) is 0 Å². The van der Waals surface area contributed by atoms with Gasteiger partial charge in [-0.25, -0.2) is 0 Å². The van der Waals surface area contributed by atoms with Crippen molar-refractivity contribution in [1.29, 1.82) is 0 Å². The average Bonchev–Trinajstić information content (AvgIpc) is 2.45. The first-order valence-electron chi connectivity index (χ1n) is 6.91. The van der Waals surface area contributed by atoms with Gasteiger partial charge in [-0.15, -0.1) is 0 Å². The molecule has 0 aliphatic carbocycles. The SMILES string of the molecule is CCNC(=O)CN(CC)C(=O)c1ccc(OCC)cc1. The number of ether oxygens (including phenoxy) is 1. The molecular formula is C15H22N2O3. The molecular weight excluding hydrogens is 256 g/mol. The van der Waals surface area contributed by atoms with Crippen molar-refractivity contribution in [2.45, 2.75) is 20.8 Å². The molecule has 0 fully saturated rings. The van der Waals surface area contributed by atoms with Gasteiger partial charge in [-0.2, -0.15) is 0 Å². The van der Waals surface area contributed by atoms with Crippen LogP contribution in [0.1, 0.15) is 31.1 Å². The van der Waals surface area contributed by atoms with Crippen molar-refractivity contribution < 1.29 is 14.3 Å². The number of benzene rings is 1. The summed E-state index contributed by atoms with van der Waals surface area (Å²) in [7, 11) is 0. The molecule has 1 aromatic carbocycles. The molecule has 5 nitrogen and oxygen atoms in total. The molecule has 0 aromatic heterocycles. The van der Waals surface area contributed by atoms with Gasteiger partial charge in [0.2, 0.25) is 5.91 Å². The van der Waals surface area contributed by atoms with Gasteiger partial charge >= 0.3 is 0 Å². The summed E-state index contributed by atoms with van der Waals surface area (Å²) in [4.78, 5) is 25.4. The van der Waals surface area contributed by atoms with Crippen LogP contribution in [0.4, 0.5) is 0 Å². The Balaban J connectivity index is 2.72. The van der Waals surface area contributed by atoms with Crippen LogP contribution in [0.2, 0.25) is 0 Å². The molecule has 0 saturated carbocycles. The predicted molar refractivity (Wildman–Crippen MR) is 77.9 cm³/mol. The predicted octanol–water partition coefficient (Wildman–Crippen LogP) is 1.68. The maximum Gasteiger partial charge on any atom is 0.254 e. The Hall–Kier alpha value is -2.04. The first kappa shape index (κ1) is 16.0. The van der Waals surface area contributed by atoms with Crippen LogP contribution in [-0.2, 0) is 4.79 Å². The van der Waals surface area contributed by atoms with Crippen molar-refractivity contribution in [3.8, 4) is 5.75 Å². The lowest BCUT2D eigenvalue weighted by Crippen LogP contribution is -2.40. The van der Waals surface area contributed by atoms with Crippen molar-refractivity contribution in [2.24, 2.45) is 0 Å². The van der Waals surface area contributed by atoms with Gasteiger partial charge < -0.3 is 15.0 Å². The van der Waals surface area contributed by atoms with Crippen LogP contribution in [0.3, 0.4) is 0 Å². The molecule has 110 valence electrons. The summed E-state index contributed by atoms with van der Waals surface area (Å²) in [5.74, 6) is 0.436. The topological polar surface area (TPSA) is 58.6 Å². The molecule has 0 bridgehead atoms. The quantitative estimate of drug-likeness (QED) is 0.825. The lowest BCUT2D eigenvalue weighted by molar-refractivity contribution is -0.121. The van der Waals surface area contributed by atoms with Gasteiger partial charge in [0, 0.05) is 18.7 Å². The van der Waals surface area contributed by atoms with Crippen molar-refractivity contribution in [3.05, 3.63) is 29.8 Å². The Labute approximate surface area is 119 Å². The second kappa shape index (κ2) is 8.19. The van der Waals surface area contributed by atoms with Crippen LogP contribution >= 0.6 is 0 Å². The number of nitrogens with zero attached hydrogens (tertiary/aromatic N) is 1. The molecule has 0 aliphatic rings. The van der Waals surface area contributed by atoms with Gasteiger partial charge in [0.15, 0.2) is 0 Å². The van der Waals surface area contributed by atoms with Crippen LogP contribution in [0.15, 0.2) is 24.3 Å². The van der Waals surface area contributed by atoms with Gasteiger partial charge in [0.05, 0.1) is 13.2 Å². The fourth-order valence-electron chi connectivity index (χ4n) is 1.80. The Bertz CT molecular complexity index is 443. The summed E-state index contributed by atoms with van der Waals surface area (Å²) in [6, 6.07) is 6.95. The molecule has 5 heteroatoms. The lowest BCUT2D eigenvalue weighted by atomic mass is 10.2. The number of carbonyl (C=O) groups excluding carboxylic acids is 2. The summed E-state index contributed by atoms with van der Waals surface area (Å²) in [6.45, 7) is 7.33. The number of hydrogen-bond acceptors (Lipinski definition) is 3. The second-order valence-corrected chi connectivity index (χ2v) is 4.23. The maximum absolute atomic E-state index is 12.3. The fraction of sp³-hybridized carbons (Fsp3) is 0.467. The minimum absolute atomic E-state index is 0.0797. The van der Waals surface area contributed by atoms with E-state index in [0.717, 1.165) is 5.75 Å². The number of likely N-dealkylation sites (N-methyl/N-ethyl adjacent to an activating group) is 2. The zero-order valence-electron chi connectivity index (χ0n) is 12.3. The van der Waals surface area contributed by atoms with Crippen molar-refractivity contribution >= 4 is 11.8 Å². The van der Waals surface area contributed by atoms with Crippen molar-refractivity contribution in [2.75, 3.05) is 26.2 Å². The Morgan fingerprint density at radius 3 is 2.30 bits per heavy atom. The van der Waals surface area contributed by atoms with Crippen LogP contribution in [-0.4, -0.2) is 43.0 Å². The molecule has 1 N–H and O–H groups in total. The highest BCUT2D eigenvalue weighted by atomic mass is 16.5. The zero-order valence-corrected chi connectivity index (χ0v) is 12.3. The van der Waals surface area contributed by atoms with Crippen LogP contribution < -0.4 is 10.1 Å². The monoisotopic (exact) mass is 278 g/mol. The number of nitrogens with one attached hydrogen (secondary N) is 1. The van der Waals surface area contributed by atoms with Crippen LogP contribution in [0.25, 0.3) is 0 Å². The Morgan fingerprint density at radius 1 is 1.15 bits per heavy atom. The van der Waals surface area contributed by atoms with E-state index in [1.54, 1.807) is 24.3 Å². The van der Waals surface area contributed by atoms with Crippen LogP contribution in [0, 0.1) is 0 Å². The highest BCUT2D eigenvalue weighted by Gasteiger charge is 2.16. The smallest absolute Gasteiger partial charge is 0.254 e. The van der Waals surface area contributed by atoms with E-state index in [1.165, 1.54) is 4.90 Å². The average molecular weight is 278 g/mol.